The molecule has 47 heavy (non-hydrogen) atoms. The van der Waals surface area contributed by atoms with Crippen LogP contribution in [0.25, 0.3) is 10.9 Å². The van der Waals surface area contributed by atoms with Crippen molar-refractivity contribution < 1.29 is 14.3 Å². The van der Waals surface area contributed by atoms with Gasteiger partial charge in [-0.15, -0.1) is 0 Å². The summed E-state index contributed by atoms with van der Waals surface area (Å²) >= 11 is 0. The number of nitrogens with zero attached hydrogens (tertiary/aromatic N) is 6. The molecular weight excluding hydrogens is 595 g/mol. The van der Waals surface area contributed by atoms with E-state index in [4.69, 9.17) is 0 Å². The minimum Gasteiger partial charge on any atom is -0.481 e. The summed E-state index contributed by atoms with van der Waals surface area (Å²) in [6.07, 6.45) is 10.9. The number of halogens is 1. The van der Waals surface area contributed by atoms with Gasteiger partial charge in [-0.3, -0.25) is 24.5 Å². The summed E-state index contributed by atoms with van der Waals surface area (Å²) in [4.78, 5) is 41.4. The van der Waals surface area contributed by atoms with Crippen LogP contribution in [-0.4, -0.2) is 62.7 Å². The lowest BCUT2D eigenvalue weighted by molar-refractivity contribution is -0.142. The normalized spacial score (nSPS) is 19.1. The zero-order valence-corrected chi connectivity index (χ0v) is 27.2. The molecule has 1 aliphatic carbocycles. The van der Waals surface area contributed by atoms with Gasteiger partial charge in [-0.05, 0) is 94.3 Å². The largest absolute Gasteiger partial charge is 0.481 e. The first-order valence-electron chi connectivity index (χ1n) is 16.9. The smallest absolute Gasteiger partial charge is 0.306 e. The zero-order chi connectivity index (χ0) is 32.7. The minimum atomic E-state index is -0.792. The van der Waals surface area contributed by atoms with Crippen molar-refractivity contribution in [3.8, 4) is 0 Å². The number of aromatic nitrogens is 3. The second kappa shape index (κ2) is 13.1. The molecule has 1 atom stereocenters. The topological polar surface area (TPSA) is 94.8 Å². The Bertz CT molecular complexity index is 1830. The van der Waals surface area contributed by atoms with Gasteiger partial charge in [0.2, 0.25) is 0 Å². The third-order valence-electron chi connectivity index (χ3n) is 10.2. The Labute approximate surface area is 274 Å². The summed E-state index contributed by atoms with van der Waals surface area (Å²) in [5.74, 6) is -1.62. The molecule has 1 saturated carbocycles. The number of anilines is 2. The number of rotatable bonds is 9. The molecule has 3 fully saturated rings. The number of fused-ring (bicyclic) bond motifs is 1. The molecule has 5 heterocycles. The molecular formula is C37H43FN6O3. The molecule has 2 saturated heterocycles. The van der Waals surface area contributed by atoms with Gasteiger partial charge in [0.05, 0.1) is 29.0 Å². The van der Waals surface area contributed by atoms with Crippen molar-refractivity contribution in [1.82, 2.24) is 19.4 Å². The molecule has 2 aliphatic heterocycles. The van der Waals surface area contributed by atoms with E-state index in [1.165, 1.54) is 6.07 Å². The van der Waals surface area contributed by atoms with Crippen LogP contribution in [0.3, 0.4) is 0 Å². The predicted octanol–water partition coefficient (Wildman–Crippen LogP) is 5.85. The van der Waals surface area contributed by atoms with E-state index in [2.05, 4.69) is 42.5 Å². The number of hydrogen-bond acceptors (Lipinski definition) is 7. The lowest BCUT2D eigenvalue weighted by atomic mass is 9.96. The van der Waals surface area contributed by atoms with Gasteiger partial charge >= 0.3 is 5.97 Å². The maximum atomic E-state index is 15.8. The standard InChI is InChI=1S/C37H43FN6O3/c1-24-5-6-30(19-40-24)42-13-3-4-31(23-42)43(20-26-9-12-39-25(2)16-26)21-28-22-44(29-7-8-29)34-18-35(33(38)17-32(34)36(28)45)41-14-10-27(11-15-41)37(46)47/h5-6,9,12,16-19,22,27,29,31H,3-4,7-8,10-11,13-15,20-21,23H2,1-2H3,(H,46,47). The average molecular weight is 639 g/mol. The zero-order valence-electron chi connectivity index (χ0n) is 27.2. The third kappa shape index (κ3) is 6.74. The Hall–Kier alpha value is -4.31. The molecule has 1 N–H and O–H groups in total. The van der Waals surface area contributed by atoms with E-state index in [9.17, 15) is 14.7 Å². The van der Waals surface area contributed by atoms with Crippen LogP contribution >= 0.6 is 0 Å². The van der Waals surface area contributed by atoms with Crippen molar-refractivity contribution in [1.29, 1.82) is 0 Å². The average Bonchev–Trinajstić information content (AvgIpc) is 3.92. The summed E-state index contributed by atoms with van der Waals surface area (Å²) in [6, 6.07) is 12.1. The SMILES string of the molecule is Cc1ccc(N2CCCC(N(Cc3ccnc(C)c3)Cc3cn(C4CC4)c4cc(N5CCC(C(=O)O)CC5)c(F)cc4c3=O)C2)cn1. The highest BCUT2D eigenvalue weighted by Crippen LogP contribution is 2.39. The van der Waals surface area contributed by atoms with Gasteiger partial charge in [-0.1, -0.05) is 0 Å². The van der Waals surface area contributed by atoms with Crippen molar-refractivity contribution in [3.63, 3.8) is 0 Å². The van der Waals surface area contributed by atoms with Crippen LogP contribution in [-0.2, 0) is 17.9 Å². The number of aryl methyl sites for hydroxylation is 2. The fraction of sp³-hybridized carbons (Fsp3) is 0.459. The van der Waals surface area contributed by atoms with Crippen molar-refractivity contribution in [3.05, 3.63) is 93.5 Å². The highest BCUT2D eigenvalue weighted by molar-refractivity contribution is 5.84. The monoisotopic (exact) mass is 638 g/mol. The summed E-state index contributed by atoms with van der Waals surface area (Å²) in [5, 5.41) is 9.83. The molecule has 0 bridgehead atoms. The summed E-state index contributed by atoms with van der Waals surface area (Å²) in [6.45, 7) is 7.87. The van der Waals surface area contributed by atoms with Crippen LogP contribution < -0.4 is 15.2 Å². The lowest BCUT2D eigenvalue weighted by Gasteiger charge is -2.40. The molecule has 9 nitrogen and oxygen atoms in total. The Morgan fingerprint density at radius 3 is 2.47 bits per heavy atom. The van der Waals surface area contributed by atoms with Gasteiger partial charge < -0.3 is 19.5 Å². The van der Waals surface area contributed by atoms with Crippen LogP contribution in [0.2, 0.25) is 0 Å². The predicted molar refractivity (Wildman–Crippen MR) is 181 cm³/mol. The van der Waals surface area contributed by atoms with Gasteiger partial charge in [-0.25, -0.2) is 4.39 Å². The number of aliphatic carboxylic acids is 1. The molecule has 1 aromatic carbocycles. The summed E-state index contributed by atoms with van der Waals surface area (Å²) in [5.41, 5.74) is 5.97. The van der Waals surface area contributed by atoms with Gasteiger partial charge in [-0.2, -0.15) is 0 Å². The van der Waals surface area contributed by atoms with Crippen LogP contribution in [0.5, 0.6) is 0 Å². The molecule has 10 heteroatoms. The number of pyridine rings is 3. The molecule has 3 aromatic heterocycles. The fourth-order valence-electron chi connectivity index (χ4n) is 7.40. The number of carboxylic acid groups (broad SMARTS) is 1. The summed E-state index contributed by atoms with van der Waals surface area (Å²) < 4.78 is 18.0. The van der Waals surface area contributed by atoms with Crippen LogP contribution in [0.1, 0.15) is 67.1 Å². The first-order chi connectivity index (χ1) is 22.7. The van der Waals surface area contributed by atoms with Crippen LogP contribution in [0.15, 0.2) is 59.8 Å². The third-order valence-corrected chi connectivity index (χ3v) is 10.2. The molecule has 7 rings (SSSR count). The Morgan fingerprint density at radius 1 is 0.957 bits per heavy atom. The molecule has 246 valence electrons. The number of carbonyl (C=O) groups is 1. The Morgan fingerprint density at radius 2 is 1.77 bits per heavy atom. The molecule has 1 unspecified atom stereocenters. The number of carboxylic acids is 1. The molecule has 3 aliphatic rings. The van der Waals surface area contributed by atoms with E-state index >= 15 is 4.39 Å². The van der Waals surface area contributed by atoms with Crippen LogP contribution in [0, 0.1) is 25.6 Å². The number of hydrogen-bond donors (Lipinski definition) is 1. The number of piperidine rings is 2. The fourth-order valence-corrected chi connectivity index (χ4v) is 7.40. The van der Waals surface area contributed by atoms with Crippen molar-refractivity contribution in [2.24, 2.45) is 5.92 Å². The first-order valence-corrected chi connectivity index (χ1v) is 16.9. The van der Waals surface area contributed by atoms with Gasteiger partial charge in [0.25, 0.3) is 0 Å². The first kappa shape index (κ1) is 31.3. The van der Waals surface area contributed by atoms with Crippen LogP contribution in [0.4, 0.5) is 15.8 Å². The van der Waals surface area contributed by atoms with Gasteiger partial charge in [0.15, 0.2) is 5.43 Å². The van der Waals surface area contributed by atoms with Gasteiger partial charge in [0, 0.05) is 86.1 Å². The van der Waals surface area contributed by atoms with Crippen molar-refractivity contribution >= 4 is 28.2 Å². The van der Waals surface area contributed by atoms with E-state index in [1.54, 1.807) is 0 Å². The van der Waals surface area contributed by atoms with E-state index in [-0.39, 0.29) is 17.5 Å². The lowest BCUT2D eigenvalue weighted by Crippen LogP contribution is -2.48. The quantitative estimate of drug-likeness (QED) is 0.244. The van der Waals surface area contributed by atoms with E-state index in [1.807, 2.05) is 49.5 Å². The second-order valence-electron chi connectivity index (χ2n) is 13.7. The highest BCUT2D eigenvalue weighted by Gasteiger charge is 2.31. The molecule has 0 spiro atoms. The maximum Gasteiger partial charge on any atom is 0.306 e. The molecule has 0 radical (unpaired) electrons. The van der Waals surface area contributed by atoms with Crippen molar-refractivity contribution in [2.45, 2.75) is 77.5 Å². The maximum absolute atomic E-state index is 15.8. The Kier molecular flexibility index (Phi) is 8.70. The Balaban J connectivity index is 1.22. The molecule has 4 aromatic rings. The van der Waals surface area contributed by atoms with Crippen molar-refractivity contribution in [2.75, 3.05) is 36.0 Å². The minimum absolute atomic E-state index is 0.127. The van der Waals surface area contributed by atoms with E-state index in [0.717, 1.165) is 66.9 Å². The summed E-state index contributed by atoms with van der Waals surface area (Å²) in [7, 11) is 0. The second-order valence-corrected chi connectivity index (χ2v) is 13.7. The number of benzene rings is 1. The van der Waals surface area contributed by atoms with E-state index in [0.29, 0.717) is 55.7 Å². The highest BCUT2D eigenvalue weighted by atomic mass is 19.1. The van der Waals surface area contributed by atoms with Gasteiger partial charge in [0.1, 0.15) is 5.82 Å². The van der Waals surface area contributed by atoms with E-state index < -0.39 is 17.7 Å². The molecule has 0 amide bonds.